The quantitative estimate of drug-likeness (QED) is 0.846. The van der Waals surface area contributed by atoms with Crippen molar-refractivity contribution in [3.63, 3.8) is 0 Å². The van der Waals surface area contributed by atoms with Gasteiger partial charge in [0.2, 0.25) is 0 Å². The van der Waals surface area contributed by atoms with E-state index in [0.717, 1.165) is 4.47 Å². The summed E-state index contributed by atoms with van der Waals surface area (Å²) in [5.74, 6) is 0. The van der Waals surface area contributed by atoms with Crippen molar-refractivity contribution in [2.24, 2.45) is 0 Å². The van der Waals surface area contributed by atoms with Crippen LogP contribution < -0.4 is 0 Å². The molecular weight excluding hydrogens is 228 g/mol. The number of aryl methyl sites for hydroxylation is 1. The summed E-state index contributed by atoms with van der Waals surface area (Å²) in [5.41, 5.74) is 3.77. The van der Waals surface area contributed by atoms with Gasteiger partial charge in [0.25, 0.3) is 0 Å². The maximum Gasteiger partial charge on any atom is 0.0552 e. The molecule has 0 amide bonds. The number of halogens is 1. The van der Waals surface area contributed by atoms with Crippen molar-refractivity contribution in [3.8, 4) is 0 Å². The predicted molar refractivity (Wildman–Crippen MR) is 59.0 cm³/mol. The van der Waals surface area contributed by atoms with Gasteiger partial charge in [-0.1, -0.05) is 22.0 Å². The molecule has 0 aliphatic carbocycles. The molecule has 1 unspecified atom stereocenters. The normalized spacial score (nSPS) is 13.0. The molecule has 0 radical (unpaired) electrons. The van der Waals surface area contributed by atoms with Crippen LogP contribution in [0.1, 0.15) is 23.6 Å². The van der Waals surface area contributed by atoms with Crippen LogP contribution >= 0.6 is 15.9 Å². The lowest BCUT2D eigenvalue weighted by Crippen LogP contribution is -2.07. The molecule has 2 heteroatoms. The van der Waals surface area contributed by atoms with E-state index in [1.54, 1.807) is 0 Å². The molecule has 0 aliphatic rings. The van der Waals surface area contributed by atoms with Crippen LogP contribution in [-0.4, -0.2) is 11.2 Å². The van der Waals surface area contributed by atoms with Crippen molar-refractivity contribution in [1.29, 1.82) is 0 Å². The predicted octanol–water partition coefficient (Wildman–Crippen LogP) is 2.99. The van der Waals surface area contributed by atoms with Crippen LogP contribution in [-0.2, 0) is 6.42 Å². The first kappa shape index (κ1) is 10.7. The molecule has 1 aromatic rings. The standard InChI is InChI=1S/C11H15BrO/c1-7-4-5-11(12)10(9(7)3)6-8(2)13/h4-5,8,13H,6H2,1-3H3. The fraction of sp³-hybridized carbons (Fsp3) is 0.455. The molecule has 0 saturated heterocycles. The Morgan fingerprint density at radius 2 is 2.00 bits per heavy atom. The van der Waals surface area contributed by atoms with Crippen molar-refractivity contribution in [2.45, 2.75) is 33.3 Å². The van der Waals surface area contributed by atoms with Gasteiger partial charge >= 0.3 is 0 Å². The van der Waals surface area contributed by atoms with E-state index in [2.05, 4.69) is 35.8 Å². The molecular formula is C11H15BrO. The highest BCUT2D eigenvalue weighted by molar-refractivity contribution is 9.10. The van der Waals surface area contributed by atoms with Gasteiger partial charge in [0.05, 0.1) is 6.10 Å². The second-order valence-corrected chi connectivity index (χ2v) is 4.38. The zero-order valence-corrected chi connectivity index (χ0v) is 9.85. The molecule has 0 aliphatic heterocycles. The second-order valence-electron chi connectivity index (χ2n) is 3.52. The molecule has 0 bridgehead atoms. The Kier molecular flexibility index (Phi) is 3.51. The molecule has 1 nitrogen and oxygen atoms in total. The lowest BCUT2D eigenvalue weighted by Gasteiger charge is -2.12. The first-order valence-electron chi connectivity index (χ1n) is 4.45. The number of benzene rings is 1. The summed E-state index contributed by atoms with van der Waals surface area (Å²) in [6.45, 7) is 6.00. The zero-order chi connectivity index (χ0) is 10.0. The third-order valence-electron chi connectivity index (χ3n) is 2.31. The van der Waals surface area contributed by atoms with E-state index in [0.29, 0.717) is 6.42 Å². The van der Waals surface area contributed by atoms with Crippen molar-refractivity contribution < 1.29 is 5.11 Å². The van der Waals surface area contributed by atoms with Gasteiger partial charge in [0.15, 0.2) is 0 Å². The minimum absolute atomic E-state index is 0.281. The highest BCUT2D eigenvalue weighted by Crippen LogP contribution is 2.24. The van der Waals surface area contributed by atoms with Crippen molar-refractivity contribution >= 4 is 15.9 Å². The van der Waals surface area contributed by atoms with Gasteiger partial charge in [-0.3, -0.25) is 0 Å². The molecule has 72 valence electrons. The summed E-state index contributed by atoms with van der Waals surface area (Å²) in [6, 6.07) is 4.13. The van der Waals surface area contributed by atoms with E-state index in [4.69, 9.17) is 0 Å². The van der Waals surface area contributed by atoms with Crippen LogP contribution in [0.2, 0.25) is 0 Å². The van der Waals surface area contributed by atoms with Crippen LogP contribution in [0.3, 0.4) is 0 Å². The van der Waals surface area contributed by atoms with Gasteiger partial charge < -0.3 is 5.11 Å². The molecule has 1 N–H and O–H groups in total. The fourth-order valence-electron chi connectivity index (χ4n) is 1.39. The van der Waals surface area contributed by atoms with Gasteiger partial charge in [0, 0.05) is 4.47 Å². The van der Waals surface area contributed by atoms with Crippen molar-refractivity contribution in [2.75, 3.05) is 0 Å². The number of rotatable bonds is 2. The first-order valence-corrected chi connectivity index (χ1v) is 5.24. The number of aliphatic hydroxyl groups excluding tert-OH is 1. The third kappa shape index (κ3) is 2.55. The Morgan fingerprint density at radius 1 is 1.38 bits per heavy atom. The average molecular weight is 243 g/mol. The monoisotopic (exact) mass is 242 g/mol. The highest BCUT2D eigenvalue weighted by atomic mass is 79.9. The number of hydrogen-bond donors (Lipinski definition) is 1. The van der Waals surface area contributed by atoms with E-state index in [1.165, 1.54) is 16.7 Å². The van der Waals surface area contributed by atoms with Gasteiger partial charge in [-0.25, -0.2) is 0 Å². The summed E-state index contributed by atoms with van der Waals surface area (Å²) in [6.07, 6.45) is 0.436. The molecule has 1 aromatic carbocycles. The summed E-state index contributed by atoms with van der Waals surface area (Å²) >= 11 is 3.50. The Hall–Kier alpha value is -0.340. The zero-order valence-electron chi connectivity index (χ0n) is 8.26. The van der Waals surface area contributed by atoms with Crippen LogP contribution in [0.5, 0.6) is 0 Å². The van der Waals surface area contributed by atoms with Crippen LogP contribution in [0.25, 0.3) is 0 Å². The minimum Gasteiger partial charge on any atom is -0.393 e. The molecule has 13 heavy (non-hydrogen) atoms. The van der Waals surface area contributed by atoms with Gasteiger partial charge in [-0.2, -0.15) is 0 Å². The van der Waals surface area contributed by atoms with Gasteiger partial charge in [-0.15, -0.1) is 0 Å². The molecule has 0 spiro atoms. The SMILES string of the molecule is Cc1ccc(Br)c(CC(C)O)c1C. The maximum atomic E-state index is 9.32. The summed E-state index contributed by atoms with van der Waals surface area (Å²) < 4.78 is 1.09. The van der Waals surface area contributed by atoms with E-state index in [9.17, 15) is 5.11 Å². The molecule has 1 atom stereocenters. The van der Waals surface area contributed by atoms with E-state index >= 15 is 0 Å². The summed E-state index contributed by atoms with van der Waals surface area (Å²) in [4.78, 5) is 0. The topological polar surface area (TPSA) is 20.2 Å². The summed E-state index contributed by atoms with van der Waals surface area (Å²) in [5, 5.41) is 9.32. The van der Waals surface area contributed by atoms with Crippen LogP contribution in [0.15, 0.2) is 16.6 Å². The molecule has 0 fully saturated rings. The third-order valence-corrected chi connectivity index (χ3v) is 3.05. The van der Waals surface area contributed by atoms with E-state index in [1.807, 2.05) is 13.0 Å². The lowest BCUT2D eigenvalue weighted by molar-refractivity contribution is 0.195. The van der Waals surface area contributed by atoms with Crippen LogP contribution in [0.4, 0.5) is 0 Å². The molecule has 0 heterocycles. The number of hydrogen-bond acceptors (Lipinski definition) is 1. The van der Waals surface area contributed by atoms with Gasteiger partial charge in [-0.05, 0) is 49.9 Å². The summed E-state index contributed by atoms with van der Waals surface area (Å²) in [7, 11) is 0. The van der Waals surface area contributed by atoms with E-state index in [-0.39, 0.29) is 6.10 Å². The molecule has 0 aromatic heterocycles. The molecule has 0 saturated carbocycles. The fourth-order valence-corrected chi connectivity index (χ4v) is 1.98. The largest absolute Gasteiger partial charge is 0.393 e. The lowest BCUT2D eigenvalue weighted by atomic mass is 9.99. The minimum atomic E-state index is -0.281. The van der Waals surface area contributed by atoms with Crippen molar-refractivity contribution in [1.82, 2.24) is 0 Å². The highest BCUT2D eigenvalue weighted by Gasteiger charge is 2.08. The van der Waals surface area contributed by atoms with E-state index < -0.39 is 0 Å². The Bertz CT molecular complexity index is 305. The number of aliphatic hydroxyl groups is 1. The van der Waals surface area contributed by atoms with Gasteiger partial charge in [0.1, 0.15) is 0 Å². The maximum absolute atomic E-state index is 9.32. The average Bonchev–Trinajstić information content (AvgIpc) is 2.05. The Morgan fingerprint density at radius 3 is 2.54 bits per heavy atom. The Labute approximate surface area is 87.9 Å². The smallest absolute Gasteiger partial charge is 0.0552 e. The molecule has 1 rings (SSSR count). The van der Waals surface area contributed by atoms with Crippen molar-refractivity contribution in [3.05, 3.63) is 33.3 Å². The second kappa shape index (κ2) is 4.25. The first-order chi connectivity index (χ1) is 6.02. The van der Waals surface area contributed by atoms with Crippen LogP contribution in [0, 0.1) is 13.8 Å². The Balaban J connectivity index is 3.10.